The number of benzene rings is 1. The molecule has 0 saturated carbocycles. The molecule has 114 valence electrons. The molecule has 2 aliphatic heterocycles. The number of carbonyl (C=O) groups excluding carboxylic acids is 1. The van der Waals surface area contributed by atoms with Gasteiger partial charge in [0, 0.05) is 12.2 Å². The number of nitrogens with two attached hydrogens (primary N) is 1. The fraction of sp³-hybridized carbons (Fsp3) is 0.500. The number of carbonyl (C=O) groups is 1. The van der Waals surface area contributed by atoms with E-state index >= 15 is 0 Å². The molecule has 2 N–H and O–H groups in total. The highest BCUT2D eigenvalue weighted by Crippen LogP contribution is 2.34. The Morgan fingerprint density at radius 3 is 2.81 bits per heavy atom. The summed E-state index contributed by atoms with van der Waals surface area (Å²) in [4.78, 5) is 14.5. The second-order valence-corrected chi connectivity index (χ2v) is 8.30. The minimum absolute atomic E-state index is 0.0441. The number of anilines is 1. The first-order valence-corrected chi connectivity index (χ1v) is 9.65. The van der Waals surface area contributed by atoms with Crippen LogP contribution < -0.4 is 10.0 Å². The van der Waals surface area contributed by atoms with Gasteiger partial charge in [-0.25, -0.2) is 13.6 Å². The fourth-order valence-corrected chi connectivity index (χ4v) is 4.72. The molecule has 21 heavy (non-hydrogen) atoms. The van der Waals surface area contributed by atoms with Crippen LogP contribution in [-0.2, 0) is 21.2 Å². The van der Waals surface area contributed by atoms with Gasteiger partial charge < -0.3 is 4.90 Å². The molecule has 0 radical (unpaired) electrons. The van der Waals surface area contributed by atoms with Gasteiger partial charge in [-0.05, 0) is 48.8 Å². The van der Waals surface area contributed by atoms with Crippen molar-refractivity contribution < 1.29 is 13.2 Å². The van der Waals surface area contributed by atoms with E-state index in [-0.39, 0.29) is 16.1 Å². The fourth-order valence-electron chi connectivity index (χ4n) is 2.89. The van der Waals surface area contributed by atoms with Crippen LogP contribution in [0.15, 0.2) is 23.1 Å². The molecule has 1 fully saturated rings. The van der Waals surface area contributed by atoms with Gasteiger partial charge in [-0.3, -0.25) is 4.79 Å². The zero-order valence-corrected chi connectivity index (χ0v) is 13.3. The van der Waals surface area contributed by atoms with E-state index in [1.165, 1.54) is 12.5 Å². The summed E-state index contributed by atoms with van der Waals surface area (Å²) >= 11 is 1.73. The van der Waals surface area contributed by atoms with E-state index in [2.05, 4.69) is 0 Å². The molecule has 2 heterocycles. The summed E-state index contributed by atoms with van der Waals surface area (Å²) in [7, 11) is -3.69. The first-order chi connectivity index (χ1) is 9.97. The highest BCUT2D eigenvalue weighted by Gasteiger charge is 2.31. The quantitative estimate of drug-likeness (QED) is 0.893. The second kappa shape index (κ2) is 5.62. The van der Waals surface area contributed by atoms with Gasteiger partial charge in [0.1, 0.15) is 0 Å². The lowest BCUT2D eigenvalue weighted by atomic mass is 10.1. The second-order valence-electron chi connectivity index (χ2n) is 5.43. The number of hydrogen-bond donors (Lipinski definition) is 1. The average Bonchev–Trinajstić information content (AvgIpc) is 2.89. The number of thioether (sulfide) groups is 1. The van der Waals surface area contributed by atoms with E-state index in [4.69, 9.17) is 5.14 Å². The molecular formula is C14H18N2O3S2. The van der Waals surface area contributed by atoms with Crippen LogP contribution in [0.1, 0.15) is 24.8 Å². The number of amides is 1. The van der Waals surface area contributed by atoms with Gasteiger partial charge in [0.05, 0.1) is 10.1 Å². The normalized spacial score (nSPS) is 22.1. The minimum Gasteiger partial charge on any atom is -0.311 e. The van der Waals surface area contributed by atoms with Crippen molar-refractivity contribution in [3.8, 4) is 0 Å². The van der Waals surface area contributed by atoms with Crippen LogP contribution in [0.25, 0.3) is 0 Å². The lowest BCUT2D eigenvalue weighted by molar-refractivity contribution is -0.118. The standard InChI is InChI=1S/C14H18N2O3S2/c15-21(18,19)11-4-5-12-10(9-11)6-7-16(12)14(17)13-3-1-2-8-20-13/h4-5,9,13H,1-3,6-8H2,(H2,15,18,19). The molecule has 0 bridgehead atoms. The molecule has 0 spiro atoms. The lowest BCUT2D eigenvalue weighted by Crippen LogP contribution is -2.37. The van der Waals surface area contributed by atoms with Gasteiger partial charge >= 0.3 is 0 Å². The molecule has 0 aliphatic carbocycles. The maximum atomic E-state index is 12.6. The van der Waals surface area contributed by atoms with Crippen LogP contribution >= 0.6 is 11.8 Å². The summed E-state index contributed by atoms with van der Waals surface area (Å²) in [5.74, 6) is 1.20. The molecule has 0 aromatic heterocycles. The third-order valence-corrected chi connectivity index (χ3v) is 6.27. The molecule has 1 aromatic carbocycles. The van der Waals surface area contributed by atoms with Crippen molar-refractivity contribution >= 4 is 33.4 Å². The number of hydrogen-bond acceptors (Lipinski definition) is 4. The maximum Gasteiger partial charge on any atom is 0.240 e. The van der Waals surface area contributed by atoms with Crippen molar-refractivity contribution in [1.82, 2.24) is 0 Å². The van der Waals surface area contributed by atoms with Crippen molar-refractivity contribution in [3.05, 3.63) is 23.8 Å². The maximum absolute atomic E-state index is 12.6. The number of sulfonamides is 1. The van der Waals surface area contributed by atoms with Crippen molar-refractivity contribution in [3.63, 3.8) is 0 Å². The summed E-state index contributed by atoms with van der Waals surface area (Å²) in [5, 5.41) is 5.19. The van der Waals surface area contributed by atoms with E-state index in [9.17, 15) is 13.2 Å². The number of rotatable bonds is 2. The van der Waals surface area contributed by atoms with Gasteiger partial charge in [0.2, 0.25) is 15.9 Å². The molecule has 1 atom stereocenters. The van der Waals surface area contributed by atoms with Gasteiger partial charge in [-0.2, -0.15) is 0 Å². The monoisotopic (exact) mass is 326 g/mol. The third-order valence-electron chi connectivity index (χ3n) is 4.00. The Hall–Kier alpha value is -1.05. The summed E-state index contributed by atoms with van der Waals surface area (Å²) < 4.78 is 22.8. The molecule has 2 aliphatic rings. The van der Waals surface area contributed by atoms with E-state index < -0.39 is 10.0 Å². The molecule has 7 heteroatoms. The Labute approximate surface area is 128 Å². The molecule has 3 rings (SSSR count). The Morgan fingerprint density at radius 1 is 1.33 bits per heavy atom. The van der Waals surface area contributed by atoms with Crippen LogP contribution in [-0.4, -0.2) is 31.9 Å². The predicted octanol–water partition coefficient (Wildman–Crippen LogP) is 1.51. The minimum atomic E-state index is -3.69. The Kier molecular flexibility index (Phi) is 3.98. The van der Waals surface area contributed by atoms with Crippen LogP contribution in [0.2, 0.25) is 0 Å². The Morgan fingerprint density at radius 2 is 2.14 bits per heavy atom. The van der Waals surface area contributed by atoms with Crippen molar-refractivity contribution in [2.45, 2.75) is 35.8 Å². The predicted molar refractivity (Wildman–Crippen MR) is 84.0 cm³/mol. The third kappa shape index (κ3) is 2.95. The van der Waals surface area contributed by atoms with Gasteiger partial charge in [-0.1, -0.05) is 6.42 Å². The highest BCUT2D eigenvalue weighted by molar-refractivity contribution is 8.00. The largest absolute Gasteiger partial charge is 0.311 e. The zero-order valence-electron chi connectivity index (χ0n) is 11.6. The van der Waals surface area contributed by atoms with Crippen LogP contribution in [0.3, 0.4) is 0 Å². The van der Waals surface area contributed by atoms with Crippen LogP contribution in [0.4, 0.5) is 5.69 Å². The van der Waals surface area contributed by atoms with Gasteiger partial charge in [-0.15, -0.1) is 11.8 Å². The van der Waals surface area contributed by atoms with Crippen LogP contribution in [0, 0.1) is 0 Å². The van der Waals surface area contributed by atoms with E-state index in [1.54, 1.807) is 28.8 Å². The molecular weight excluding hydrogens is 308 g/mol. The van der Waals surface area contributed by atoms with E-state index in [1.807, 2.05) is 0 Å². The zero-order chi connectivity index (χ0) is 15.0. The molecule has 5 nitrogen and oxygen atoms in total. The topological polar surface area (TPSA) is 80.5 Å². The van der Waals surface area contributed by atoms with Crippen molar-refractivity contribution in [2.24, 2.45) is 5.14 Å². The summed E-state index contributed by atoms with van der Waals surface area (Å²) in [6.45, 7) is 0.624. The van der Waals surface area contributed by atoms with Crippen LogP contribution in [0.5, 0.6) is 0 Å². The van der Waals surface area contributed by atoms with Gasteiger partial charge in [0.25, 0.3) is 0 Å². The highest BCUT2D eigenvalue weighted by atomic mass is 32.2. The summed E-state index contributed by atoms with van der Waals surface area (Å²) in [6, 6.07) is 4.77. The first-order valence-electron chi connectivity index (χ1n) is 7.05. The van der Waals surface area contributed by atoms with Gasteiger partial charge in [0.15, 0.2) is 0 Å². The molecule has 1 saturated heterocycles. The number of primary sulfonamides is 1. The number of nitrogens with zero attached hydrogens (tertiary/aromatic N) is 1. The lowest BCUT2D eigenvalue weighted by Gasteiger charge is -2.26. The Bertz CT molecular complexity index is 667. The average molecular weight is 326 g/mol. The molecule has 1 amide bonds. The van der Waals surface area contributed by atoms with Crippen molar-refractivity contribution in [1.29, 1.82) is 0 Å². The Balaban J connectivity index is 1.85. The first kappa shape index (κ1) is 14.9. The summed E-state index contributed by atoms with van der Waals surface area (Å²) in [6.07, 6.45) is 3.91. The molecule has 1 unspecified atom stereocenters. The SMILES string of the molecule is NS(=O)(=O)c1ccc2c(c1)CCN2C(=O)C1CCCCS1. The molecule has 1 aromatic rings. The smallest absolute Gasteiger partial charge is 0.240 e. The number of fused-ring (bicyclic) bond motifs is 1. The van der Waals surface area contributed by atoms with E-state index in [0.717, 1.165) is 29.8 Å². The van der Waals surface area contributed by atoms with E-state index in [0.29, 0.717) is 13.0 Å². The van der Waals surface area contributed by atoms with Crippen molar-refractivity contribution in [2.75, 3.05) is 17.2 Å². The summed E-state index contributed by atoms with van der Waals surface area (Å²) in [5.41, 5.74) is 1.72.